The molecule has 140 valence electrons. The van der Waals surface area contributed by atoms with Gasteiger partial charge in [-0.2, -0.15) is 5.26 Å². The molecular formula is C22H21N5O. The van der Waals surface area contributed by atoms with E-state index in [4.69, 9.17) is 5.26 Å². The minimum absolute atomic E-state index is 0.148. The number of nitrogens with zero attached hydrogens (tertiary/aromatic N) is 4. The van der Waals surface area contributed by atoms with Crippen LogP contribution in [0.25, 0.3) is 0 Å². The van der Waals surface area contributed by atoms with E-state index in [-0.39, 0.29) is 5.91 Å². The standard InChI is InChI=1S/C22H21N5O/c1-3-27(15-17-8-5-4-6-9-17)22(28)20-13-21(25-16(2)24-20)26-19-11-7-10-18(12-19)14-23/h4-13H,3,15H2,1-2H3,(H,24,25,26). The number of nitriles is 1. The van der Waals surface area contributed by atoms with Crippen molar-refractivity contribution in [2.24, 2.45) is 0 Å². The van der Waals surface area contributed by atoms with E-state index in [9.17, 15) is 4.79 Å². The molecule has 0 aliphatic heterocycles. The number of carbonyl (C=O) groups excluding carboxylic acids is 1. The molecule has 0 bridgehead atoms. The summed E-state index contributed by atoms with van der Waals surface area (Å²) in [5.74, 6) is 0.868. The Morgan fingerprint density at radius 1 is 1.11 bits per heavy atom. The molecular weight excluding hydrogens is 350 g/mol. The van der Waals surface area contributed by atoms with E-state index in [1.807, 2.05) is 43.3 Å². The molecule has 0 fully saturated rings. The molecule has 1 aromatic heterocycles. The topological polar surface area (TPSA) is 81.9 Å². The lowest BCUT2D eigenvalue weighted by molar-refractivity contribution is 0.0746. The Balaban J connectivity index is 1.83. The zero-order valence-corrected chi connectivity index (χ0v) is 15.9. The number of aryl methyl sites for hydroxylation is 1. The first-order valence-electron chi connectivity index (χ1n) is 9.05. The van der Waals surface area contributed by atoms with Gasteiger partial charge in [0.1, 0.15) is 17.3 Å². The van der Waals surface area contributed by atoms with Crippen molar-refractivity contribution in [3.63, 3.8) is 0 Å². The van der Waals surface area contributed by atoms with Gasteiger partial charge in [0, 0.05) is 24.8 Å². The van der Waals surface area contributed by atoms with Crippen LogP contribution in [0.5, 0.6) is 0 Å². The van der Waals surface area contributed by atoms with Crippen molar-refractivity contribution in [3.8, 4) is 6.07 Å². The fourth-order valence-electron chi connectivity index (χ4n) is 2.85. The Morgan fingerprint density at radius 3 is 2.61 bits per heavy atom. The first-order valence-corrected chi connectivity index (χ1v) is 9.05. The van der Waals surface area contributed by atoms with Gasteiger partial charge in [0.15, 0.2) is 0 Å². The number of anilines is 2. The highest BCUT2D eigenvalue weighted by Gasteiger charge is 2.17. The highest BCUT2D eigenvalue weighted by molar-refractivity contribution is 5.93. The quantitative estimate of drug-likeness (QED) is 0.706. The summed E-state index contributed by atoms with van der Waals surface area (Å²) in [7, 11) is 0. The first-order chi connectivity index (χ1) is 13.6. The molecule has 0 saturated heterocycles. The molecule has 0 aliphatic rings. The monoisotopic (exact) mass is 371 g/mol. The molecule has 0 atom stereocenters. The summed E-state index contributed by atoms with van der Waals surface area (Å²) >= 11 is 0. The maximum atomic E-state index is 13.0. The van der Waals surface area contributed by atoms with Crippen molar-refractivity contribution in [2.45, 2.75) is 20.4 Å². The summed E-state index contributed by atoms with van der Waals surface area (Å²) in [5, 5.41) is 12.2. The number of hydrogen-bond acceptors (Lipinski definition) is 5. The van der Waals surface area contributed by atoms with Crippen LogP contribution in [-0.2, 0) is 6.54 Å². The van der Waals surface area contributed by atoms with Gasteiger partial charge in [-0.25, -0.2) is 9.97 Å². The lowest BCUT2D eigenvalue weighted by Gasteiger charge is -2.21. The lowest BCUT2D eigenvalue weighted by Crippen LogP contribution is -2.31. The molecule has 1 heterocycles. The molecule has 0 unspecified atom stereocenters. The van der Waals surface area contributed by atoms with Crippen LogP contribution in [0.15, 0.2) is 60.7 Å². The van der Waals surface area contributed by atoms with Gasteiger partial charge in [-0.05, 0) is 37.6 Å². The van der Waals surface area contributed by atoms with Gasteiger partial charge in [-0.3, -0.25) is 4.79 Å². The highest BCUT2D eigenvalue weighted by atomic mass is 16.2. The number of carbonyl (C=O) groups is 1. The van der Waals surface area contributed by atoms with E-state index >= 15 is 0 Å². The molecule has 0 spiro atoms. The van der Waals surface area contributed by atoms with Gasteiger partial charge in [0.05, 0.1) is 11.6 Å². The molecule has 6 heteroatoms. The lowest BCUT2D eigenvalue weighted by atomic mass is 10.2. The van der Waals surface area contributed by atoms with E-state index in [1.165, 1.54) is 0 Å². The summed E-state index contributed by atoms with van der Waals surface area (Å²) in [6.45, 7) is 4.79. The molecule has 3 aromatic rings. The zero-order valence-electron chi connectivity index (χ0n) is 15.9. The number of aromatic nitrogens is 2. The van der Waals surface area contributed by atoms with E-state index in [2.05, 4.69) is 21.4 Å². The number of amides is 1. The molecule has 6 nitrogen and oxygen atoms in total. The van der Waals surface area contributed by atoms with Crippen LogP contribution in [0.1, 0.15) is 34.4 Å². The summed E-state index contributed by atoms with van der Waals surface area (Å²) in [4.78, 5) is 23.4. The van der Waals surface area contributed by atoms with Gasteiger partial charge < -0.3 is 10.2 Å². The molecule has 2 aromatic carbocycles. The second-order valence-electron chi connectivity index (χ2n) is 6.31. The van der Waals surface area contributed by atoms with Gasteiger partial charge in [-0.15, -0.1) is 0 Å². The van der Waals surface area contributed by atoms with Crippen LogP contribution in [-0.4, -0.2) is 27.3 Å². The normalized spacial score (nSPS) is 10.2. The summed E-state index contributed by atoms with van der Waals surface area (Å²) in [5.41, 5.74) is 2.68. The highest BCUT2D eigenvalue weighted by Crippen LogP contribution is 2.18. The average Bonchev–Trinajstić information content (AvgIpc) is 2.72. The van der Waals surface area contributed by atoms with E-state index in [0.29, 0.717) is 36.0 Å². The molecule has 1 amide bonds. The Hall–Kier alpha value is -3.72. The molecule has 28 heavy (non-hydrogen) atoms. The van der Waals surface area contributed by atoms with Crippen LogP contribution in [0, 0.1) is 18.3 Å². The second kappa shape index (κ2) is 8.78. The summed E-state index contributed by atoms with van der Waals surface area (Å²) in [6, 6.07) is 20.7. The maximum Gasteiger partial charge on any atom is 0.272 e. The SMILES string of the molecule is CCN(Cc1ccccc1)C(=O)c1cc(Nc2cccc(C#N)c2)nc(C)n1. The minimum Gasteiger partial charge on any atom is -0.340 e. The van der Waals surface area contributed by atoms with E-state index in [1.54, 1.807) is 36.1 Å². The fraction of sp³-hybridized carbons (Fsp3) is 0.182. The van der Waals surface area contributed by atoms with Crippen molar-refractivity contribution in [2.75, 3.05) is 11.9 Å². The van der Waals surface area contributed by atoms with Gasteiger partial charge in [0.25, 0.3) is 5.91 Å². The first kappa shape index (κ1) is 19.1. The predicted octanol–water partition coefficient (Wildman–Crippen LogP) is 4.06. The fourth-order valence-corrected chi connectivity index (χ4v) is 2.85. The third kappa shape index (κ3) is 4.71. The largest absolute Gasteiger partial charge is 0.340 e. The Kier molecular flexibility index (Phi) is 5.97. The van der Waals surface area contributed by atoms with Crippen molar-refractivity contribution < 1.29 is 4.79 Å². The predicted molar refractivity (Wildman–Crippen MR) is 108 cm³/mol. The van der Waals surface area contributed by atoms with Crippen LogP contribution in [0.3, 0.4) is 0 Å². The van der Waals surface area contributed by atoms with Crippen molar-refractivity contribution in [1.29, 1.82) is 5.26 Å². The maximum absolute atomic E-state index is 13.0. The molecule has 0 saturated carbocycles. The number of rotatable bonds is 6. The van der Waals surface area contributed by atoms with Crippen molar-refractivity contribution >= 4 is 17.4 Å². The van der Waals surface area contributed by atoms with Gasteiger partial charge >= 0.3 is 0 Å². The second-order valence-corrected chi connectivity index (χ2v) is 6.31. The molecule has 3 rings (SSSR count). The molecule has 0 aliphatic carbocycles. The van der Waals surface area contributed by atoms with Crippen molar-refractivity contribution in [3.05, 3.63) is 83.3 Å². The Labute approximate surface area is 164 Å². The third-order valence-corrected chi connectivity index (χ3v) is 4.21. The number of benzene rings is 2. The number of nitrogens with one attached hydrogen (secondary N) is 1. The smallest absolute Gasteiger partial charge is 0.272 e. The third-order valence-electron chi connectivity index (χ3n) is 4.21. The van der Waals surface area contributed by atoms with E-state index in [0.717, 1.165) is 11.3 Å². The summed E-state index contributed by atoms with van der Waals surface area (Å²) < 4.78 is 0. The molecule has 0 radical (unpaired) electrons. The number of hydrogen-bond donors (Lipinski definition) is 1. The van der Waals surface area contributed by atoms with Crippen LogP contribution >= 0.6 is 0 Å². The van der Waals surface area contributed by atoms with Crippen LogP contribution in [0.2, 0.25) is 0 Å². The van der Waals surface area contributed by atoms with Crippen LogP contribution in [0.4, 0.5) is 11.5 Å². The van der Waals surface area contributed by atoms with Gasteiger partial charge in [0.2, 0.25) is 0 Å². The molecule has 1 N–H and O–H groups in total. The average molecular weight is 371 g/mol. The van der Waals surface area contributed by atoms with Crippen LogP contribution < -0.4 is 5.32 Å². The van der Waals surface area contributed by atoms with Crippen molar-refractivity contribution in [1.82, 2.24) is 14.9 Å². The zero-order chi connectivity index (χ0) is 19.9. The van der Waals surface area contributed by atoms with Gasteiger partial charge in [-0.1, -0.05) is 36.4 Å². The summed E-state index contributed by atoms with van der Waals surface area (Å²) in [6.07, 6.45) is 0. The van der Waals surface area contributed by atoms with E-state index < -0.39 is 0 Å². The Morgan fingerprint density at radius 2 is 1.89 bits per heavy atom. The minimum atomic E-state index is -0.148. The Bertz CT molecular complexity index is 1010.